The molecule has 0 bridgehead atoms. The van der Waals surface area contributed by atoms with Crippen molar-refractivity contribution in [2.45, 2.75) is 29.8 Å². The van der Waals surface area contributed by atoms with E-state index in [9.17, 15) is 13.2 Å². The van der Waals surface area contributed by atoms with Crippen LogP contribution in [-0.2, 0) is 14.8 Å². The van der Waals surface area contributed by atoms with Gasteiger partial charge in [-0.3, -0.25) is 4.79 Å². The van der Waals surface area contributed by atoms with Crippen LogP contribution in [0.2, 0.25) is 0 Å². The van der Waals surface area contributed by atoms with Crippen molar-refractivity contribution in [1.29, 1.82) is 0 Å². The number of likely N-dealkylation sites (tertiary alicyclic amines) is 1. The molecule has 3 rings (SSSR count). The van der Waals surface area contributed by atoms with E-state index in [0.717, 1.165) is 5.56 Å². The van der Waals surface area contributed by atoms with Gasteiger partial charge in [-0.1, -0.05) is 48.5 Å². The Kier molecular flexibility index (Phi) is 7.00. The van der Waals surface area contributed by atoms with E-state index in [1.807, 2.05) is 30.3 Å². The molecule has 0 saturated carbocycles. The monoisotopic (exact) mass is 409 g/mol. The summed E-state index contributed by atoms with van der Waals surface area (Å²) in [6.07, 6.45) is 0. The number of amides is 1. The number of halogens is 1. The highest BCUT2D eigenvalue weighted by Gasteiger charge is 2.36. The molecule has 6 nitrogen and oxygen atoms in total. The Morgan fingerprint density at radius 1 is 1.07 bits per heavy atom. The number of sulfonamides is 1. The van der Waals surface area contributed by atoms with Crippen LogP contribution in [0.15, 0.2) is 65.6 Å². The van der Waals surface area contributed by atoms with Gasteiger partial charge in [-0.15, -0.1) is 12.4 Å². The minimum atomic E-state index is -3.74. The Morgan fingerprint density at radius 2 is 1.63 bits per heavy atom. The molecular formula is C19H24ClN3O3S. The number of carbonyl (C=O) groups excluding carboxylic acids is 1. The molecule has 146 valence electrons. The van der Waals surface area contributed by atoms with Crippen molar-refractivity contribution in [3.63, 3.8) is 0 Å². The zero-order chi connectivity index (χ0) is 18.7. The van der Waals surface area contributed by atoms with Crippen molar-refractivity contribution >= 4 is 28.3 Å². The minimum Gasteiger partial charge on any atom is -0.339 e. The fraction of sp³-hybridized carbons (Fsp3) is 0.316. The average Bonchev–Trinajstić information content (AvgIpc) is 3.04. The van der Waals surface area contributed by atoms with E-state index >= 15 is 0 Å². The molecule has 1 saturated heterocycles. The lowest BCUT2D eigenvalue weighted by molar-refractivity contribution is -0.131. The molecule has 2 aromatic carbocycles. The number of rotatable bonds is 5. The maximum atomic E-state index is 12.7. The molecule has 27 heavy (non-hydrogen) atoms. The molecule has 3 N–H and O–H groups in total. The third kappa shape index (κ3) is 4.87. The van der Waals surface area contributed by atoms with Gasteiger partial charge in [0.25, 0.3) is 0 Å². The van der Waals surface area contributed by atoms with E-state index in [4.69, 9.17) is 5.73 Å². The second kappa shape index (κ2) is 8.84. The fourth-order valence-electron chi connectivity index (χ4n) is 3.29. The molecule has 0 radical (unpaired) electrons. The molecule has 1 unspecified atom stereocenters. The van der Waals surface area contributed by atoms with Crippen LogP contribution >= 0.6 is 12.4 Å². The van der Waals surface area contributed by atoms with Crippen LogP contribution in [0.25, 0.3) is 0 Å². The Balaban J connectivity index is 0.00000261. The highest BCUT2D eigenvalue weighted by molar-refractivity contribution is 7.89. The number of hydrogen-bond acceptors (Lipinski definition) is 4. The Morgan fingerprint density at radius 3 is 2.22 bits per heavy atom. The lowest BCUT2D eigenvalue weighted by Crippen LogP contribution is -2.46. The molecule has 0 spiro atoms. The summed E-state index contributed by atoms with van der Waals surface area (Å²) in [4.78, 5) is 14.5. The summed E-state index contributed by atoms with van der Waals surface area (Å²) in [5.41, 5.74) is 7.32. The van der Waals surface area contributed by atoms with Crippen LogP contribution in [0, 0.1) is 0 Å². The van der Waals surface area contributed by atoms with Gasteiger partial charge < -0.3 is 10.6 Å². The first-order chi connectivity index (χ1) is 12.4. The molecule has 1 amide bonds. The smallest absolute Gasteiger partial charge is 0.241 e. The van der Waals surface area contributed by atoms with Gasteiger partial charge >= 0.3 is 0 Å². The SMILES string of the molecule is CC(NS(=O)(=O)c1ccccc1)C(=O)N1C[C@@H](N)[C@H](c2ccccc2)C1.Cl. The van der Waals surface area contributed by atoms with Crippen LogP contribution in [0.5, 0.6) is 0 Å². The quantitative estimate of drug-likeness (QED) is 0.786. The first-order valence-corrected chi connectivity index (χ1v) is 10.0. The normalized spacial score (nSPS) is 20.7. The number of benzene rings is 2. The van der Waals surface area contributed by atoms with Crippen LogP contribution in [0.1, 0.15) is 18.4 Å². The molecule has 3 atom stereocenters. The highest BCUT2D eigenvalue weighted by atomic mass is 35.5. The second-order valence-electron chi connectivity index (χ2n) is 6.58. The first-order valence-electron chi connectivity index (χ1n) is 8.55. The van der Waals surface area contributed by atoms with Crippen LogP contribution < -0.4 is 10.5 Å². The number of nitrogens with zero attached hydrogens (tertiary/aromatic N) is 1. The third-order valence-corrected chi connectivity index (χ3v) is 6.22. The van der Waals surface area contributed by atoms with Gasteiger partial charge in [-0.05, 0) is 24.6 Å². The highest BCUT2D eigenvalue weighted by Crippen LogP contribution is 2.26. The van der Waals surface area contributed by atoms with Gasteiger partial charge in [0.2, 0.25) is 15.9 Å². The van der Waals surface area contributed by atoms with Crippen LogP contribution in [0.4, 0.5) is 0 Å². The lowest BCUT2D eigenvalue weighted by atomic mass is 9.95. The van der Waals surface area contributed by atoms with Gasteiger partial charge in [0.05, 0.1) is 10.9 Å². The van der Waals surface area contributed by atoms with E-state index in [1.165, 1.54) is 12.1 Å². The summed E-state index contributed by atoms with van der Waals surface area (Å²) >= 11 is 0. The van der Waals surface area contributed by atoms with Crippen molar-refractivity contribution in [2.24, 2.45) is 5.73 Å². The molecule has 2 aromatic rings. The minimum absolute atomic E-state index is 0. The molecule has 1 heterocycles. The molecule has 1 aliphatic heterocycles. The summed E-state index contributed by atoms with van der Waals surface area (Å²) in [6, 6.07) is 16.8. The second-order valence-corrected chi connectivity index (χ2v) is 8.29. The van der Waals surface area contributed by atoms with Crippen molar-refractivity contribution in [1.82, 2.24) is 9.62 Å². The maximum absolute atomic E-state index is 12.7. The van der Waals surface area contributed by atoms with Crippen LogP contribution in [0.3, 0.4) is 0 Å². The number of hydrogen-bond donors (Lipinski definition) is 2. The van der Waals surface area contributed by atoms with Crippen molar-refractivity contribution < 1.29 is 13.2 Å². The van der Waals surface area contributed by atoms with E-state index in [2.05, 4.69) is 4.72 Å². The standard InChI is InChI=1S/C19H23N3O3S.ClH/c1-14(21-26(24,25)16-10-6-3-7-11-16)19(23)22-12-17(18(20)13-22)15-8-4-2-5-9-15;/h2-11,14,17-18,21H,12-13,20H2,1H3;1H/t14?,17-,18+;/m0./s1. The Bertz CT molecular complexity index is 862. The maximum Gasteiger partial charge on any atom is 0.241 e. The average molecular weight is 410 g/mol. The van der Waals surface area contributed by atoms with E-state index in [0.29, 0.717) is 13.1 Å². The van der Waals surface area contributed by atoms with Gasteiger partial charge in [0.15, 0.2) is 0 Å². The predicted molar refractivity (Wildman–Crippen MR) is 107 cm³/mol. The van der Waals surface area contributed by atoms with E-state index < -0.39 is 16.1 Å². The number of nitrogens with two attached hydrogens (primary N) is 1. The van der Waals surface area contributed by atoms with Gasteiger partial charge in [-0.25, -0.2) is 8.42 Å². The van der Waals surface area contributed by atoms with Crippen LogP contribution in [-0.4, -0.2) is 44.4 Å². The third-order valence-electron chi connectivity index (χ3n) is 4.66. The fourth-order valence-corrected chi connectivity index (χ4v) is 4.50. The zero-order valence-electron chi connectivity index (χ0n) is 15.0. The molecular weight excluding hydrogens is 386 g/mol. The van der Waals surface area contributed by atoms with Crippen molar-refractivity contribution in [3.8, 4) is 0 Å². The lowest BCUT2D eigenvalue weighted by Gasteiger charge is -2.21. The van der Waals surface area contributed by atoms with E-state index in [1.54, 1.807) is 30.0 Å². The van der Waals surface area contributed by atoms with Crippen molar-refractivity contribution in [3.05, 3.63) is 66.2 Å². The molecule has 0 aliphatic carbocycles. The number of nitrogens with one attached hydrogen (secondary N) is 1. The van der Waals surface area contributed by atoms with Gasteiger partial charge in [0.1, 0.15) is 0 Å². The molecule has 1 fully saturated rings. The zero-order valence-corrected chi connectivity index (χ0v) is 16.6. The predicted octanol–water partition coefficient (Wildman–Crippen LogP) is 1.73. The van der Waals surface area contributed by atoms with Gasteiger partial charge in [-0.2, -0.15) is 4.72 Å². The summed E-state index contributed by atoms with van der Waals surface area (Å²) in [5.74, 6) is -0.212. The Hall–Kier alpha value is -1.93. The summed E-state index contributed by atoms with van der Waals surface area (Å²) in [7, 11) is -3.74. The molecule has 8 heteroatoms. The molecule has 0 aromatic heterocycles. The summed E-state index contributed by atoms with van der Waals surface area (Å²) in [5, 5.41) is 0. The first kappa shape index (κ1) is 21.4. The summed E-state index contributed by atoms with van der Waals surface area (Å²) in [6.45, 7) is 2.46. The summed E-state index contributed by atoms with van der Waals surface area (Å²) < 4.78 is 27.3. The van der Waals surface area contributed by atoms with E-state index in [-0.39, 0.29) is 35.2 Å². The topological polar surface area (TPSA) is 92.5 Å². The largest absolute Gasteiger partial charge is 0.339 e. The van der Waals surface area contributed by atoms with Crippen molar-refractivity contribution in [2.75, 3.05) is 13.1 Å². The number of carbonyl (C=O) groups is 1. The van der Waals surface area contributed by atoms with Gasteiger partial charge in [0, 0.05) is 25.0 Å². The Labute approximate surface area is 166 Å². The molecule has 1 aliphatic rings.